The molecule has 5 unspecified atom stereocenters. The Morgan fingerprint density at radius 1 is 0.933 bits per heavy atom. The van der Waals surface area contributed by atoms with Gasteiger partial charge < -0.3 is 30.6 Å². The summed E-state index contributed by atoms with van der Waals surface area (Å²) < 4.78 is 0. The Morgan fingerprint density at radius 2 is 1.47 bits per heavy atom. The van der Waals surface area contributed by atoms with Gasteiger partial charge in [0.1, 0.15) is 30.5 Å². The predicted octanol–water partition coefficient (Wildman–Crippen LogP) is -2.64. The van der Waals surface area contributed by atoms with E-state index in [1.807, 2.05) is 0 Å². The average molecular weight is 222 g/mol. The van der Waals surface area contributed by atoms with E-state index in [0.29, 0.717) is 0 Å². The van der Waals surface area contributed by atoms with Crippen molar-refractivity contribution in [2.75, 3.05) is 6.61 Å². The van der Waals surface area contributed by atoms with E-state index in [1.165, 1.54) is 12.2 Å². The van der Waals surface area contributed by atoms with Gasteiger partial charge in [-0.3, -0.25) is 0 Å². The Morgan fingerprint density at radius 3 is 1.87 bits per heavy atom. The summed E-state index contributed by atoms with van der Waals surface area (Å²) in [4.78, 5) is 0. The summed E-state index contributed by atoms with van der Waals surface area (Å²) >= 11 is 0. The highest BCUT2D eigenvalue weighted by atomic mass is 16.4. The summed E-state index contributed by atoms with van der Waals surface area (Å²) in [5.41, 5.74) is 0. The molecule has 0 aliphatic heterocycles. The highest BCUT2D eigenvalue weighted by Gasteiger charge is 2.32. The zero-order valence-electron chi connectivity index (χ0n) is 8.43. The number of hydrogen-bond donors (Lipinski definition) is 6. The van der Waals surface area contributed by atoms with Crippen molar-refractivity contribution in [1.29, 1.82) is 0 Å². The fraction of sp³-hybridized carbons (Fsp3) is 0.778. The van der Waals surface area contributed by atoms with Gasteiger partial charge in [0.2, 0.25) is 0 Å². The Bertz CT molecular complexity index is 195. The minimum atomic E-state index is -1.74. The topological polar surface area (TPSA) is 121 Å². The van der Waals surface area contributed by atoms with Crippen molar-refractivity contribution < 1.29 is 30.6 Å². The molecule has 15 heavy (non-hydrogen) atoms. The molecule has 0 heterocycles. The van der Waals surface area contributed by atoms with Crippen LogP contribution in [0.3, 0.4) is 0 Å². The molecule has 0 bridgehead atoms. The first kappa shape index (κ1) is 14.5. The van der Waals surface area contributed by atoms with Gasteiger partial charge in [-0.2, -0.15) is 0 Å². The van der Waals surface area contributed by atoms with Gasteiger partial charge in [0.25, 0.3) is 0 Å². The standard InChI is InChI=1S/C9H18O6/c1-2-3-5(11)7(13)9(15)8(14)6(12)4-10/h2-3,5-15H,4H2,1H3/b3-2-. The molecule has 0 aromatic rings. The smallest absolute Gasteiger partial charge is 0.112 e. The number of aliphatic hydroxyl groups excluding tert-OH is 6. The minimum Gasteiger partial charge on any atom is -0.394 e. The molecule has 0 aliphatic rings. The van der Waals surface area contributed by atoms with Crippen LogP contribution in [0.25, 0.3) is 0 Å². The van der Waals surface area contributed by atoms with Crippen molar-refractivity contribution >= 4 is 0 Å². The molecule has 0 saturated heterocycles. The second-order valence-corrected chi connectivity index (χ2v) is 3.24. The van der Waals surface area contributed by atoms with E-state index < -0.39 is 37.1 Å². The van der Waals surface area contributed by atoms with Crippen molar-refractivity contribution in [3.05, 3.63) is 12.2 Å². The average Bonchev–Trinajstić information content (AvgIpc) is 2.25. The monoisotopic (exact) mass is 222 g/mol. The molecule has 5 atom stereocenters. The SMILES string of the molecule is C/C=C\C(O)C(O)C(O)C(O)C(O)CO. The Labute approximate surface area is 87.7 Å². The summed E-state index contributed by atoms with van der Waals surface area (Å²) in [7, 11) is 0. The molecule has 0 aliphatic carbocycles. The van der Waals surface area contributed by atoms with E-state index in [9.17, 15) is 20.4 Å². The molecule has 0 rings (SSSR count). The maximum atomic E-state index is 9.33. The lowest BCUT2D eigenvalue weighted by Gasteiger charge is -2.27. The van der Waals surface area contributed by atoms with Crippen LogP contribution in [0.15, 0.2) is 12.2 Å². The van der Waals surface area contributed by atoms with Gasteiger partial charge in [-0.1, -0.05) is 12.2 Å². The van der Waals surface area contributed by atoms with Crippen molar-refractivity contribution in [3.63, 3.8) is 0 Å². The fourth-order valence-corrected chi connectivity index (χ4v) is 1.05. The Kier molecular flexibility index (Phi) is 6.66. The Hall–Kier alpha value is -0.500. The van der Waals surface area contributed by atoms with E-state index in [-0.39, 0.29) is 0 Å². The molecule has 0 aromatic heterocycles. The lowest BCUT2D eigenvalue weighted by Crippen LogP contribution is -2.49. The number of hydrogen-bond acceptors (Lipinski definition) is 6. The highest BCUT2D eigenvalue weighted by Crippen LogP contribution is 2.09. The predicted molar refractivity (Wildman–Crippen MR) is 51.9 cm³/mol. The zero-order chi connectivity index (χ0) is 12.0. The molecule has 0 aromatic carbocycles. The maximum Gasteiger partial charge on any atom is 0.112 e. The third-order valence-electron chi connectivity index (χ3n) is 2.02. The van der Waals surface area contributed by atoms with Gasteiger partial charge in [-0.25, -0.2) is 0 Å². The van der Waals surface area contributed by atoms with Crippen LogP contribution in [0, 0.1) is 0 Å². The molecule has 6 heteroatoms. The number of rotatable bonds is 6. The van der Waals surface area contributed by atoms with Crippen LogP contribution < -0.4 is 0 Å². The van der Waals surface area contributed by atoms with Gasteiger partial charge in [0.15, 0.2) is 0 Å². The van der Waals surface area contributed by atoms with Crippen LogP contribution in [-0.4, -0.2) is 67.8 Å². The Balaban J connectivity index is 4.35. The van der Waals surface area contributed by atoms with E-state index in [2.05, 4.69) is 0 Å². The number of allylic oxidation sites excluding steroid dienone is 1. The van der Waals surface area contributed by atoms with Crippen LogP contribution in [0.1, 0.15) is 6.92 Å². The van der Waals surface area contributed by atoms with Gasteiger partial charge in [0, 0.05) is 0 Å². The normalized spacial score (nSPS) is 22.3. The maximum absolute atomic E-state index is 9.33. The second-order valence-electron chi connectivity index (χ2n) is 3.24. The van der Waals surface area contributed by atoms with Crippen molar-refractivity contribution in [2.24, 2.45) is 0 Å². The second kappa shape index (κ2) is 6.89. The molecule has 0 saturated carbocycles. The van der Waals surface area contributed by atoms with Crippen molar-refractivity contribution in [2.45, 2.75) is 37.4 Å². The van der Waals surface area contributed by atoms with Crippen LogP contribution >= 0.6 is 0 Å². The molecule has 0 spiro atoms. The van der Waals surface area contributed by atoms with E-state index in [0.717, 1.165) is 0 Å². The lowest BCUT2D eigenvalue weighted by molar-refractivity contribution is -0.133. The summed E-state index contributed by atoms with van der Waals surface area (Å²) in [6.45, 7) is 0.867. The number of aliphatic hydroxyl groups is 6. The minimum absolute atomic E-state index is 0.745. The van der Waals surface area contributed by atoms with E-state index in [4.69, 9.17) is 10.2 Å². The molecule has 90 valence electrons. The molecular formula is C9H18O6. The summed E-state index contributed by atoms with van der Waals surface area (Å²) in [5, 5.41) is 54.6. The third kappa shape index (κ3) is 4.25. The van der Waals surface area contributed by atoms with Crippen molar-refractivity contribution in [1.82, 2.24) is 0 Å². The van der Waals surface area contributed by atoms with Gasteiger partial charge >= 0.3 is 0 Å². The zero-order valence-corrected chi connectivity index (χ0v) is 8.43. The third-order valence-corrected chi connectivity index (χ3v) is 2.02. The van der Waals surface area contributed by atoms with Gasteiger partial charge in [-0.15, -0.1) is 0 Å². The molecule has 0 fully saturated rings. The van der Waals surface area contributed by atoms with Gasteiger partial charge in [0.05, 0.1) is 6.61 Å². The molecule has 0 amide bonds. The van der Waals surface area contributed by atoms with Crippen LogP contribution in [-0.2, 0) is 0 Å². The van der Waals surface area contributed by atoms with Crippen LogP contribution in [0.4, 0.5) is 0 Å². The van der Waals surface area contributed by atoms with E-state index in [1.54, 1.807) is 6.92 Å². The molecule has 6 nitrogen and oxygen atoms in total. The summed E-state index contributed by atoms with van der Waals surface area (Å²) in [5.74, 6) is 0. The molecule has 0 radical (unpaired) electrons. The lowest BCUT2D eigenvalue weighted by atomic mass is 9.99. The van der Waals surface area contributed by atoms with Crippen LogP contribution in [0.5, 0.6) is 0 Å². The quantitative estimate of drug-likeness (QED) is 0.273. The summed E-state index contributed by atoms with van der Waals surface area (Å²) in [6.07, 6.45) is -5.29. The van der Waals surface area contributed by atoms with E-state index >= 15 is 0 Å². The highest BCUT2D eigenvalue weighted by molar-refractivity contribution is 4.95. The first-order valence-corrected chi connectivity index (χ1v) is 4.59. The summed E-state index contributed by atoms with van der Waals surface area (Å²) in [6, 6.07) is 0. The largest absolute Gasteiger partial charge is 0.394 e. The van der Waals surface area contributed by atoms with Gasteiger partial charge in [-0.05, 0) is 6.92 Å². The fourth-order valence-electron chi connectivity index (χ4n) is 1.05. The van der Waals surface area contributed by atoms with Crippen LogP contribution in [0.2, 0.25) is 0 Å². The first-order valence-electron chi connectivity index (χ1n) is 4.59. The first-order chi connectivity index (χ1) is 6.95. The molecule has 6 N–H and O–H groups in total. The van der Waals surface area contributed by atoms with Crippen molar-refractivity contribution in [3.8, 4) is 0 Å². The molecular weight excluding hydrogens is 204 g/mol.